The number of amides is 3. The van der Waals surface area contributed by atoms with Crippen molar-refractivity contribution in [1.82, 2.24) is 34.7 Å². The highest BCUT2D eigenvalue weighted by Gasteiger charge is 2.31. The number of benzene rings is 2. The fraction of sp³-hybridized carbons (Fsp3) is 0.275. The number of pyridine rings is 1. The topological polar surface area (TPSA) is 157 Å². The third kappa shape index (κ3) is 6.49. The van der Waals surface area contributed by atoms with Crippen LogP contribution in [0.4, 0.5) is 15.8 Å². The van der Waals surface area contributed by atoms with Crippen LogP contribution in [0.3, 0.4) is 0 Å². The van der Waals surface area contributed by atoms with E-state index in [2.05, 4.69) is 57.3 Å². The maximum atomic E-state index is 14.8. The summed E-state index contributed by atoms with van der Waals surface area (Å²) in [5, 5.41) is 5.56. The number of furan rings is 1. The van der Waals surface area contributed by atoms with Crippen LogP contribution < -0.4 is 21.2 Å². The van der Waals surface area contributed by atoms with E-state index < -0.39 is 23.5 Å². The summed E-state index contributed by atoms with van der Waals surface area (Å²) in [6.45, 7) is 5.89. The van der Waals surface area contributed by atoms with Gasteiger partial charge in [-0.2, -0.15) is 0 Å². The number of carbonyl (C=O) groups excluding carboxylic acids is 3. The van der Waals surface area contributed by atoms with Gasteiger partial charge in [-0.15, -0.1) is 0 Å². The van der Waals surface area contributed by atoms with Crippen molar-refractivity contribution >= 4 is 51.1 Å². The number of aromatic nitrogens is 5. The van der Waals surface area contributed by atoms with Crippen LogP contribution >= 0.6 is 0 Å². The molecule has 1 unspecified atom stereocenters. The molecule has 0 radical (unpaired) electrons. The zero-order valence-electron chi connectivity index (χ0n) is 30.6. The van der Waals surface area contributed by atoms with Gasteiger partial charge in [0, 0.05) is 62.0 Å². The first kappa shape index (κ1) is 35.8. The summed E-state index contributed by atoms with van der Waals surface area (Å²) in [6.07, 6.45) is 6.88. The molecular formula is C40H37FN8O5. The van der Waals surface area contributed by atoms with Gasteiger partial charge in [-0.1, -0.05) is 25.7 Å². The molecule has 5 heterocycles. The number of hydrogen-bond donors (Lipinski definition) is 2. The second kappa shape index (κ2) is 14.1. The first-order valence-electron chi connectivity index (χ1n) is 17.4. The maximum Gasteiger partial charge on any atom is 0.328 e. The number of hydrogen-bond acceptors (Lipinski definition) is 9. The molecule has 0 aliphatic carbocycles. The highest BCUT2D eigenvalue weighted by atomic mass is 19.1. The van der Waals surface area contributed by atoms with Crippen LogP contribution in [0.15, 0.2) is 64.4 Å². The molecule has 1 atom stereocenters. The molecule has 54 heavy (non-hydrogen) atoms. The van der Waals surface area contributed by atoms with Crippen LogP contribution in [0.2, 0.25) is 0 Å². The summed E-state index contributed by atoms with van der Waals surface area (Å²) in [6, 6.07) is 8.56. The van der Waals surface area contributed by atoms with E-state index in [4.69, 9.17) is 4.42 Å². The zero-order chi connectivity index (χ0) is 38.4. The molecule has 1 fully saturated rings. The molecule has 1 aliphatic rings. The number of imidazole rings is 1. The number of fused-ring (bicyclic) bond motifs is 2. The standard InChI is InChI=1S/C40H37FN8O5/c1-21(2)28-14-25(15-32-36(28)49(6)40(53)48(32)5)47(4)26-18-44-37(45-19-26)24-12-22(3)35(43-17-24)39(52)42-11-7-8-23-13-29-30(20-54-33(29)16-31(23)41)27-9-10-34(50)46-38(27)51/h12-21,27H,9-11H2,1-6H3,(H,42,52)(H,46,50,51). The summed E-state index contributed by atoms with van der Waals surface area (Å²) < 4.78 is 23.7. The minimum absolute atomic E-state index is 0.0746. The Morgan fingerprint density at radius 3 is 2.52 bits per heavy atom. The van der Waals surface area contributed by atoms with E-state index in [1.165, 1.54) is 24.6 Å². The fourth-order valence-electron chi connectivity index (χ4n) is 6.80. The van der Waals surface area contributed by atoms with E-state index in [0.29, 0.717) is 34.3 Å². The number of imide groups is 1. The van der Waals surface area contributed by atoms with Crippen LogP contribution in [0.25, 0.3) is 33.4 Å². The number of halogens is 1. The molecule has 0 saturated carbocycles. The molecule has 4 aromatic heterocycles. The third-order valence-electron chi connectivity index (χ3n) is 9.83. The Kier molecular flexibility index (Phi) is 9.32. The predicted octanol–water partition coefficient (Wildman–Crippen LogP) is 5.12. The summed E-state index contributed by atoms with van der Waals surface area (Å²) in [5.74, 6) is 3.74. The van der Waals surface area contributed by atoms with Crippen molar-refractivity contribution in [2.24, 2.45) is 14.1 Å². The first-order valence-corrected chi connectivity index (χ1v) is 17.4. The number of carbonyl (C=O) groups is 3. The average Bonchev–Trinajstić information content (AvgIpc) is 3.65. The van der Waals surface area contributed by atoms with Crippen molar-refractivity contribution in [3.63, 3.8) is 0 Å². The summed E-state index contributed by atoms with van der Waals surface area (Å²) >= 11 is 0. The van der Waals surface area contributed by atoms with Crippen LogP contribution in [0, 0.1) is 24.6 Å². The molecule has 6 aromatic rings. The van der Waals surface area contributed by atoms with Crippen molar-refractivity contribution in [3.05, 3.63) is 99.4 Å². The van der Waals surface area contributed by atoms with E-state index in [0.717, 1.165) is 28.0 Å². The molecule has 7 rings (SSSR count). The highest BCUT2D eigenvalue weighted by Crippen LogP contribution is 2.35. The minimum atomic E-state index is -0.609. The summed E-state index contributed by atoms with van der Waals surface area (Å²) in [4.78, 5) is 65.2. The quantitative estimate of drug-likeness (QED) is 0.168. The van der Waals surface area contributed by atoms with E-state index in [-0.39, 0.29) is 47.3 Å². The summed E-state index contributed by atoms with van der Waals surface area (Å²) in [7, 11) is 5.48. The van der Waals surface area contributed by atoms with Gasteiger partial charge in [0.1, 0.15) is 17.1 Å². The van der Waals surface area contributed by atoms with Gasteiger partial charge < -0.3 is 14.6 Å². The van der Waals surface area contributed by atoms with Gasteiger partial charge in [-0.25, -0.2) is 19.2 Å². The number of nitrogens with one attached hydrogen (secondary N) is 2. The molecular weight excluding hydrogens is 691 g/mol. The minimum Gasteiger partial charge on any atom is -0.464 e. The van der Waals surface area contributed by atoms with Gasteiger partial charge in [-0.3, -0.25) is 33.8 Å². The Morgan fingerprint density at radius 2 is 1.81 bits per heavy atom. The maximum absolute atomic E-state index is 14.8. The lowest BCUT2D eigenvalue weighted by Gasteiger charge is -2.21. The smallest absolute Gasteiger partial charge is 0.328 e. The van der Waals surface area contributed by atoms with Crippen molar-refractivity contribution in [2.75, 3.05) is 18.5 Å². The summed E-state index contributed by atoms with van der Waals surface area (Å²) in [5.41, 5.74) is 6.70. The second-order valence-corrected chi connectivity index (χ2v) is 13.7. The average molecular weight is 729 g/mol. The van der Waals surface area contributed by atoms with Gasteiger partial charge in [0.2, 0.25) is 11.8 Å². The molecule has 0 bridgehead atoms. The van der Waals surface area contributed by atoms with E-state index in [1.807, 2.05) is 18.0 Å². The van der Waals surface area contributed by atoms with Gasteiger partial charge in [-0.05, 0) is 54.7 Å². The predicted molar refractivity (Wildman–Crippen MR) is 201 cm³/mol. The molecule has 2 N–H and O–H groups in total. The van der Waals surface area contributed by atoms with Crippen LogP contribution in [0.1, 0.15) is 71.3 Å². The molecule has 3 amide bonds. The van der Waals surface area contributed by atoms with Crippen LogP contribution in [-0.2, 0) is 23.7 Å². The number of aryl methyl sites for hydroxylation is 3. The molecule has 13 nitrogen and oxygen atoms in total. The van der Waals surface area contributed by atoms with E-state index in [9.17, 15) is 23.6 Å². The van der Waals surface area contributed by atoms with Crippen molar-refractivity contribution < 1.29 is 23.2 Å². The number of piperidine rings is 1. The van der Waals surface area contributed by atoms with Gasteiger partial charge in [0.15, 0.2) is 5.82 Å². The lowest BCUT2D eigenvalue weighted by Crippen LogP contribution is -2.39. The monoisotopic (exact) mass is 728 g/mol. The lowest BCUT2D eigenvalue weighted by atomic mass is 9.90. The molecule has 2 aromatic carbocycles. The second-order valence-electron chi connectivity index (χ2n) is 13.7. The molecule has 1 saturated heterocycles. The highest BCUT2D eigenvalue weighted by molar-refractivity contribution is 6.03. The molecule has 0 spiro atoms. The molecule has 14 heteroatoms. The Bertz CT molecular complexity index is 2630. The van der Waals surface area contributed by atoms with Crippen LogP contribution in [-0.4, -0.2) is 55.4 Å². The SMILES string of the molecule is Cc1cc(-c2ncc(N(C)c3cc(C(C)C)c4c(c3)n(C)c(=O)n4C)cn2)cnc1C(=O)NCC#Cc1cc2c(C3CCC(=O)NC3=O)coc2cc1F. The Hall–Kier alpha value is -6.62. The number of rotatable bonds is 7. The normalized spacial score (nSPS) is 14.3. The van der Waals surface area contributed by atoms with Crippen molar-refractivity contribution in [1.29, 1.82) is 0 Å². The van der Waals surface area contributed by atoms with E-state index in [1.54, 1.807) is 48.6 Å². The van der Waals surface area contributed by atoms with Gasteiger partial charge in [0.25, 0.3) is 5.91 Å². The number of anilines is 2. The van der Waals surface area contributed by atoms with Crippen LogP contribution in [0.5, 0.6) is 0 Å². The zero-order valence-corrected chi connectivity index (χ0v) is 30.6. The number of nitrogens with zero attached hydrogens (tertiary/aromatic N) is 6. The third-order valence-corrected chi connectivity index (χ3v) is 9.83. The Balaban J connectivity index is 1.03. The van der Waals surface area contributed by atoms with Crippen molar-refractivity contribution in [2.45, 2.75) is 45.4 Å². The molecule has 274 valence electrons. The van der Waals surface area contributed by atoms with Gasteiger partial charge in [0.05, 0.1) is 53.4 Å². The first-order chi connectivity index (χ1) is 25.8. The lowest BCUT2D eigenvalue weighted by molar-refractivity contribution is -0.134. The van der Waals surface area contributed by atoms with E-state index >= 15 is 0 Å². The fourth-order valence-corrected chi connectivity index (χ4v) is 6.80. The molecule has 1 aliphatic heterocycles. The Morgan fingerprint density at radius 1 is 1.06 bits per heavy atom. The Labute approximate surface area is 309 Å². The largest absolute Gasteiger partial charge is 0.464 e. The van der Waals surface area contributed by atoms with Crippen molar-refractivity contribution in [3.8, 4) is 23.2 Å². The van der Waals surface area contributed by atoms with Gasteiger partial charge >= 0.3 is 5.69 Å².